The summed E-state index contributed by atoms with van der Waals surface area (Å²) >= 11 is 0. The largest absolute Gasteiger partial charge is 0.495 e. The van der Waals surface area contributed by atoms with Gasteiger partial charge in [0.05, 0.1) is 7.11 Å². The maximum atomic E-state index is 11.7. The van der Waals surface area contributed by atoms with Crippen molar-refractivity contribution in [1.82, 2.24) is 5.32 Å². The van der Waals surface area contributed by atoms with E-state index >= 15 is 0 Å². The number of para-hydroxylation sites is 1. The Hall–Kier alpha value is -2.09. The van der Waals surface area contributed by atoms with E-state index in [9.17, 15) is 8.42 Å². The van der Waals surface area contributed by atoms with Gasteiger partial charge in [0.2, 0.25) is 10.0 Å². The van der Waals surface area contributed by atoms with Crippen LogP contribution in [0.3, 0.4) is 0 Å². The van der Waals surface area contributed by atoms with Crippen LogP contribution in [-0.2, 0) is 16.4 Å². The number of benzene rings is 2. The third kappa shape index (κ3) is 5.72. The molecule has 0 fully saturated rings. The highest BCUT2D eigenvalue weighted by molar-refractivity contribution is 7.89. The maximum absolute atomic E-state index is 11.7. The normalized spacial score (nSPS) is 12.6. The summed E-state index contributed by atoms with van der Waals surface area (Å²) < 4.78 is 34.2. The van der Waals surface area contributed by atoms with Gasteiger partial charge in [-0.05, 0) is 49.6 Å². The third-order valence-electron chi connectivity index (χ3n) is 4.02. The average molecular weight is 378 g/mol. The van der Waals surface area contributed by atoms with Crippen molar-refractivity contribution in [3.8, 4) is 11.5 Å². The minimum absolute atomic E-state index is 0.00702. The van der Waals surface area contributed by atoms with Gasteiger partial charge in [-0.1, -0.05) is 24.3 Å². The molecule has 2 aromatic carbocycles. The van der Waals surface area contributed by atoms with E-state index in [-0.39, 0.29) is 16.7 Å². The number of hydrogen-bond donors (Lipinski definition) is 2. The van der Waals surface area contributed by atoms with Crippen LogP contribution in [0, 0.1) is 6.92 Å². The third-order valence-corrected chi connectivity index (χ3v) is 4.95. The van der Waals surface area contributed by atoms with Gasteiger partial charge in [-0.15, -0.1) is 0 Å². The molecule has 0 spiro atoms. The van der Waals surface area contributed by atoms with E-state index in [2.05, 4.69) is 5.32 Å². The number of nitrogens with one attached hydrogen (secondary N) is 1. The molecule has 0 aliphatic rings. The van der Waals surface area contributed by atoms with Gasteiger partial charge in [0.15, 0.2) is 0 Å². The second kappa shape index (κ2) is 9.02. The zero-order chi connectivity index (χ0) is 19.2. The Morgan fingerprint density at radius 1 is 1.15 bits per heavy atom. The van der Waals surface area contributed by atoms with Crippen LogP contribution in [0.5, 0.6) is 11.5 Å². The first-order valence-electron chi connectivity index (χ1n) is 8.43. The highest BCUT2D eigenvalue weighted by atomic mass is 32.2. The highest BCUT2D eigenvalue weighted by Crippen LogP contribution is 2.24. The number of nitrogens with two attached hydrogens (primary N) is 1. The van der Waals surface area contributed by atoms with Crippen molar-refractivity contribution in [2.45, 2.75) is 31.2 Å². The molecule has 0 saturated carbocycles. The number of rotatable bonds is 9. The lowest BCUT2D eigenvalue weighted by atomic mass is 10.1. The smallest absolute Gasteiger partial charge is 0.241 e. The number of ether oxygens (including phenoxy) is 2. The van der Waals surface area contributed by atoms with Crippen LogP contribution < -0.4 is 19.9 Å². The fourth-order valence-corrected chi connectivity index (χ4v) is 3.43. The zero-order valence-corrected chi connectivity index (χ0v) is 16.2. The van der Waals surface area contributed by atoms with Gasteiger partial charge in [0.25, 0.3) is 0 Å². The number of methoxy groups -OCH3 is 1. The molecular weight excluding hydrogens is 352 g/mol. The first-order chi connectivity index (χ1) is 12.3. The molecule has 26 heavy (non-hydrogen) atoms. The van der Waals surface area contributed by atoms with Crippen LogP contribution in [0.25, 0.3) is 0 Å². The predicted molar refractivity (Wildman–Crippen MR) is 102 cm³/mol. The summed E-state index contributed by atoms with van der Waals surface area (Å²) in [5.41, 5.74) is 1.98. The van der Waals surface area contributed by atoms with Crippen molar-refractivity contribution >= 4 is 10.0 Å². The van der Waals surface area contributed by atoms with Crippen LogP contribution >= 0.6 is 0 Å². The van der Waals surface area contributed by atoms with Crippen LogP contribution in [0.2, 0.25) is 0 Å². The Morgan fingerprint density at radius 3 is 2.54 bits per heavy atom. The molecule has 1 atom stereocenters. The summed E-state index contributed by atoms with van der Waals surface area (Å²) in [7, 11) is -2.41. The molecular formula is C19H26N2O4S. The minimum atomic E-state index is -3.82. The second-order valence-corrected chi connectivity index (χ2v) is 7.73. The molecule has 6 nitrogen and oxygen atoms in total. The Bertz CT molecular complexity index is 837. The fraction of sp³-hybridized carbons (Fsp3) is 0.368. The molecule has 7 heteroatoms. The first-order valence-corrected chi connectivity index (χ1v) is 9.97. The molecule has 0 radical (unpaired) electrons. The molecule has 0 aromatic heterocycles. The van der Waals surface area contributed by atoms with Crippen molar-refractivity contribution in [3.05, 3.63) is 53.6 Å². The van der Waals surface area contributed by atoms with Crippen LogP contribution in [0.15, 0.2) is 47.4 Å². The Balaban J connectivity index is 1.88. The van der Waals surface area contributed by atoms with Crippen molar-refractivity contribution in [1.29, 1.82) is 0 Å². The lowest BCUT2D eigenvalue weighted by molar-refractivity contribution is 0.305. The van der Waals surface area contributed by atoms with E-state index in [1.54, 1.807) is 12.1 Å². The average Bonchev–Trinajstić information content (AvgIpc) is 2.59. The van der Waals surface area contributed by atoms with E-state index in [4.69, 9.17) is 14.6 Å². The van der Waals surface area contributed by atoms with Crippen molar-refractivity contribution in [3.63, 3.8) is 0 Å². The summed E-state index contributed by atoms with van der Waals surface area (Å²) in [6.45, 7) is 5.29. The topological polar surface area (TPSA) is 90.7 Å². The SMILES string of the molecule is COc1ccc(C[C@@H](C)NCCOc2ccccc2C)cc1S(N)(=O)=O. The number of hydrogen-bond acceptors (Lipinski definition) is 5. The van der Waals surface area contributed by atoms with E-state index < -0.39 is 10.0 Å². The Morgan fingerprint density at radius 2 is 1.88 bits per heavy atom. The lowest BCUT2D eigenvalue weighted by Gasteiger charge is -2.16. The Labute approximate surface area is 155 Å². The van der Waals surface area contributed by atoms with Gasteiger partial charge in [-0.2, -0.15) is 0 Å². The molecule has 3 N–H and O–H groups in total. The molecule has 0 heterocycles. The summed E-state index contributed by atoms with van der Waals surface area (Å²) in [4.78, 5) is 0.00702. The molecule has 0 aliphatic heterocycles. The number of sulfonamides is 1. The van der Waals surface area contributed by atoms with Gasteiger partial charge in [-0.25, -0.2) is 13.6 Å². The number of primary sulfonamides is 1. The van der Waals surface area contributed by atoms with Crippen molar-refractivity contribution < 1.29 is 17.9 Å². The van der Waals surface area contributed by atoms with Gasteiger partial charge in [-0.3, -0.25) is 0 Å². The molecule has 2 rings (SSSR count). The summed E-state index contributed by atoms with van der Waals surface area (Å²) in [6.07, 6.45) is 0.664. The molecule has 2 aromatic rings. The molecule has 0 saturated heterocycles. The number of aryl methyl sites for hydroxylation is 1. The first kappa shape index (κ1) is 20.2. The van der Waals surface area contributed by atoms with E-state index in [0.717, 1.165) is 16.9 Å². The highest BCUT2D eigenvalue weighted by Gasteiger charge is 2.16. The van der Waals surface area contributed by atoms with Crippen LogP contribution in [0.4, 0.5) is 0 Å². The summed E-state index contributed by atoms with van der Waals surface area (Å²) in [5.74, 6) is 1.14. The summed E-state index contributed by atoms with van der Waals surface area (Å²) in [5, 5.41) is 8.63. The Kier molecular flexibility index (Phi) is 7.02. The molecule has 0 bridgehead atoms. The maximum Gasteiger partial charge on any atom is 0.241 e. The van der Waals surface area contributed by atoms with Crippen molar-refractivity contribution in [2.75, 3.05) is 20.3 Å². The monoisotopic (exact) mass is 378 g/mol. The summed E-state index contributed by atoms with van der Waals surface area (Å²) in [6, 6.07) is 13.1. The molecule has 0 aliphatic carbocycles. The van der Waals surface area contributed by atoms with Crippen LogP contribution in [-0.4, -0.2) is 34.7 Å². The second-order valence-electron chi connectivity index (χ2n) is 6.20. The van der Waals surface area contributed by atoms with Crippen molar-refractivity contribution in [2.24, 2.45) is 5.14 Å². The molecule has 0 unspecified atom stereocenters. The van der Waals surface area contributed by atoms with Gasteiger partial charge in [0, 0.05) is 12.6 Å². The zero-order valence-electron chi connectivity index (χ0n) is 15.4. The van der Waals surface area contributed by atoms with Crippen LogP contribution in [0.1, 0.15) is 18.1 Å². The lowest BCUT2D eigenvalue weighted by Crippen LogP contribution is -2.32. The van der Waals surface area contributed by atoms with Gasteiger partial charge >= 0.3 is 0 Å². The van der Waals surface area contributed by atoms with Gasteiger partial charge < -0.3 is 14.8 Å². The fourth-order valence-electron chi connectivity index (χ4n) is 2.68. The van der Waals surface area contributed by atoms with E-state index in [1.165, 1.54) is 7.11 Å². The molecule has 0 amide bonds. The van der Waals surface area contributed by atoms with E-state index in [1.807, 2.05) is 44.2 Å². The van der Waals surface area contributed by atoms with E-state index in [0.29, 0.717) is 19.6 Å². The van der Waals surface area contributed by atoms with Gasteiger partial charge in [0.1, 0.15) is 23.0 Å². The predicted octanol–water partition coefficient (Wildman–Crippen LogP) is 2.25. The quantitative estimate of drug-likeness (QED) is 0.653. The standard InChI is InChI=1S/C19H26N2O4S/c1-14-6-4-5-7-17(14)25-11-10-21-15(2)12-16-8-9-18(24-3)19(13-16)26(20,22)23/h4-9,13,15,21H,10-12H2,1-3H3,(H2,20,22,23)/t15-/m1/s1. The molecule has 142 valence electrons. The minimum Gasteiger partial charge on any atom is -0.495 e.